The van der Waals surface area contributed by atoms with Gasteiger partial charge in [0.2, 0.25) is 0 Å². The van der Waals surface area contributed by atoms with Crippen LogP contribution >= 0.6 is 0 Å². The van der Waals surface area contributed by atoms with E-state index < -0.39 is 11.7 Å². The maximum Gasteiger partial charge on any atom is 0.416 e. The van der Waals surface area contributed by atoms with E-state index in [-0.39, 0.29) is 17.8 Å². The van der Waals surface area contributed by atoms with Gasteiger partial charge >= 0.3 is 6.18 Å². The minimum Gasteiger partial charge on any atom is -0.303 e. The Bertz CT molecular complexity index is 1140. The van der Waals surface area contributed by atoms with E-state index in [1.807, 2.05) is 25.3 Å². The lowest BCUT2D eigenvalue weighted by atomic mass is 9.99. The highest BCUT2D eigenvalue weighted by molar-refractivity contribution is 5.67. The van der Waals surface area contributed by atoms with E-state index in [1.165, 1.54) is 24.3 Å². The van der Waals surface area contributed by atoms with Crippen molar-refractivity contribution in [2.45, 2.75) is 19.5 Å². The lowest BCUT2D eigenvalue weighted by Gasteiger charge is -2.13. The first-order chi connectivity index (χ1) is 13.3. The summed E-state index contributed by atoms with van der Waals surface area (Å²) in [6.45, 7) is 1.91. The molecule has 2 heterocycles. The number of benzene rings is 2. The number of hydrogen-bond acceptors (Lipinski definition) is 1. The van der Waals surface area contributed by atoms with Gasteiger partial charge in [-0.05, 0) is 54.4 Å². The summed E-state index contributed by atoms with van der Waals surface area (Å²) in [6.07, 6.45) is -2.54. The van der Waals surface area contributed by atoms with Gasteiger partial charge in [0.1, 0.15) is 11.5 Å². The monoisotopic (exact) mass is 384 g/mol. The lowest BCUT2D eigenvalue weighted by molar-refractivity contribution is -0.138. The Morgan fingerprint density at radius 1 is 0.929 bits per heavy atom. The van der Waals surface area contributed by atoms with Gasteiger partial charge in [0.25, 0.3) is 0 Å². The average molecular weight is 384 g/mol. The summed E-state index contributed by atoms with van der Waals surface area (Å²) in [5.41, 5.74) is 2.92. The van der Waals surface area contributed by atoms with Crippen LogP contribution in [0.4, 0.5) is 17.6 Å². The Labute approximate surface area is 159 Å². The Balaban J connectivity index is 1.92. The zero-order valence-corrected chi connectivity index (χ0v) is 15.0. The number of fused-ring (bicyclic) bond motifs is 1. The molecule has 6 heteroatoms. The molecule has 0 spiro atoms. The highest BCUT2D eigenvalue weighted by Crippen LogP contribution is 2.34. The van der Waals surface area contributed by atoms with E-state index >= 15 is 0 Å². The molecule has 0 aliphatic carbocycles. The lowest BCUT2D eigenvalue weighted by Crippen LogP contribution is -2.10. The number of hydrogen-bond donors (Lipinski definition) is 0. The van der Waals surface area contributed by atoms with Gasteiger partial charge in [0.15, 0.2) is 0 Å². The van der Waals surface area contributed by atoms with Crippen molar-refractivity contribution in [2.24, 2.45) is 0 Å². The first-order valence-corrected chi connectivity index (χ1v) is 8.71. The van der Waals surface area contributed by atoms with Crippen molar-refractivity contribution in [2.75, 3.05) is 0 Å². The van der Waals surface area contributed by atoms with E-state index in [1.54, 1.807) is 22.6 Å². The second kappa shape index (κ2) is 6.78. The number of halogens is 4. The fourth-order valence-electron chi connectivity index (χ4n) is 3.34. The second-order valence-corrected chi connectivity index (χ2v) is 6.68. The highest BCUT2D eigenvalue weighted by Gasteiger charge is 2.33. The van der Waals surface area contributed by atoms with Gasteiger partial charge in [-0.3, -0.25) is 0 Å². The van der Waals surface area contributed by atoms with Crippen LogP contribution in [0.5, 0.6) is 0 Å². The Morgan fingerprint density at radius 2 is 1.64 bits per heavy atom. The molecule has 0 saturated carbocycles. The van der Waals surface area contributed by atoms with E-state index in [2.05, 4.69) is 4.98 Å². The van der Waals surface area contributed by atoms with Gasteiger partial charge in [-0.25, -0.2) is 9.37 Å². The molecule has 0 fully saturated rings. The molecule has 2 aromatic carbocycles. The summed E-state index contributed by atoms with van der Waals surface area (Å²) in [5.74, 6) is -0.382. The Hall–Kier alpha value is -3.15. The molecule has 4 aromatic rings. The van der Waals surface area contributed by atoms with Crippen molar-refractivity contribution in [3.8, 4) is 11.3 Å². The largest absolute Gasteiger partial charge is 0.416 e. The molecule has 28 heavy (non-hydrogen) atoms. The van der Waals surface area contributed by atoms with Crippen molar-refractivity contribution >= 4 is 5.65 Å². The van der Waals surface area contributed by atoms with Crippen LogP contribution in [0.2, 0.25) is 0 Å². The van der Waals surface area contributed by atoms with Gasteiger partial charge in [0.05, 0.1) is 17.0 Å². The first kappa shape index (κ1) is 18.2. The summed E-state index contributed by atoms with van der Waals surface area (Å²) < 4.78 is 55.5. The maximum atomic E-state index is 13.5. The third kappa shape index (κ3) is 3.38. The minimum atomic E-state index is -4.44. The van der Waals surface area contributed by atoms with E-state index in [9.17, 15) is 17.6 Å². The Kier molecular flexibility index (Phi) is 4.41. The fraction of sp³-hybridized carbons (Fsp3) is 0.136. The zero-order chi connectivity index (χ0) is 19.9. The summed E-state index contributed by atoms with van der Waals surface area (Å²) in [4.78, 5) is 4.60. The number of imidazole rings is 1. The zero-order valence-electron chi connectivity index (χ0n) is 15.0. The molecule has 0 saturated heterocycles. The highest BCUT2D eigenvalue weighted by atomic mass is 19.4. The number of pyridine rings is 1. The first-order valence-electron chi connectivity index (χ1n) is 8.71. The third-order valence-electron chi connectivity index (χ3n) is 4.66. The molecule has 0 unspecified atom stereocenters. The fourth-order valence-corrected chi connectivity index (χ4v) is 3.34. The van der Waals surface area contributed by atoms with Crippen LogP contribution in [-0.4, -0.2) is 9.38 Å². The molecule has 4 rings (SSSR count). The number of aryl methyl sites for hydroxylation is 1. The summed E-state index contributed by atoms with van der Waals surface area (Å²) in [6, 6.07) is 15.1. The van der Waals surface area contributed by atoms with Crippen LogP contribution in [0.3, 0.4) is 0 Å². The van der Waals surface area contributed by atoms with Crippen molar-refractivity contribution in [1.29, 1.82) is 0 Å². The number of alkyl halides is 3. The SMILES string of the molecule is Cc1ccc2nc(-c3ccc(F)cc3)c(Cc3ccccc3C(F)(F)F)n2c1. The molecule has 0 aliphatic heterocycles. The normalized spacial score (nSPS) is 11.9. The molecule has 142 valence electrons. The Morgan fingerprint density at radius 3 is 2.36 bits per heavy atom. The van der Waals surface area contributed by atoms with E-state index in [0.29, 0.717) is 22.6 Å². The summed E-state index contributed by atoms with van der Waals surface area (Å²) >= 11 is 0. The van der Waals surface area contributed by atoms with Crippen molar-refractivity contribution in [1.82, 2.24) is 9.38 Å². The van der Waals surface area contributed by atoms with Gasteiger partial charge in [-0.15, -0.1) is 0 Å². The minimum absolute atomic E-state index is 0.0486. The van der Waals surface area contributed by atoms with Crippen LogP contribution in [0.25, 0.3) is 16.9 Å². The molecule has 0 aliphatic rings. The van der Waals surface area contributed by atoms with Gasteiger partial charge < -0.3 is 4.40 Å². The molecule has 0 radical (unpaired) electrons. The van der Waals surface area contributed by atoms with Gasteiger partial charge in [-0.1, -0.05) is 24.3 Å². The summed E-state index contributed by atoms with van der Waals surface area (Å²) in [5, 5.41) is 0. The number of aromatic nitrogens is 2. The quantitative estimate of drug-likeness (QED) is 0.393. The second-order valence-electron chi connectivity index (χ2n) is 6.68. The van der Waals surface area contributed by atoms with Crippen molar-refractivity contribution < 1.29 is 17.6 Å². The molecule has 0 atom stereocenters. The molecular formula is C22H16F4N2. The van der Waals surface area contributed by atoms with Crippen LogP contribution in [0.15, 0.2) is 66.9 Å². The van der Waals surface area contributed by atoms with Gasteiger partial charge in [0, 0.05) is 18.2 Å². The van der Waals surface area contributed by atoms with E-state index in [4.69, 9.17) is 0 Å². The molecule has 0 bridgehead atoms. The number of nitrogens with zero attached hydrogens (tertiary/aromatic N) is 2. The standard InChI is InChI=1S/C22H16F4N2/c1-14-6-11-20-27-21(15-7-9-17(23)10-8-15)19(28(20)13-14)12-16-4-2-3-5-18(16)22(24,25)26/h2-11,13H,12H2,1H3. The smallest absolute Gasteiger partial charge is 0.303 e. The van der Waals surface area contributed by atoms with Crippen LogP contribution in [0, 0.1) is 12.7 Å². The molecule has 2 nitrogen and oxygen atoms in total. The molecular weight excluding hydrogens is 368 g/mol. The van der Waals surface area contributed by atoms with Crippen LogP contribution < -0.4 is 0 Å². The topological polar surface area (TPSA) is 17.3 Å². The maximum absolute atomic E-state index is 13.5. The molecule has 2 aromatic heterocycles. The van der Waals surface area contributed by atoms with Crippen LogP contribution in [0.1, 0.15) is 22.4 Å². The van der Waals surface area contributed by atoms with Crippen molar-refractivity contribution in [3.05, 3.63) is 95.1 Å². The summed E-state index contributed by atoms with van der Waals surface area (Å²) in [7, 11) is 0. The van der Waals surface area contributed by atoms with E-state index in [0.717, 1.165) is 11.6 Å². The third-order valence-corrected chi connectivity index (χ3v) is 4.66. The average Bonchev–Trinajstić information content (AvgIpc) is 3.00. The predicted molar refractivity (Wildman–Crippen MR) is 99.6 cm³/mol. The van der Waals surface area contributed by atoms with Gasteiger partial charge in [-0.2, -0.15) is 13.2 Å². The van der Waals surface area contributed by atoms with Crippen LogP contribution in [-0.2, 0) is 12.6 Å². The molecule has 0 amide bonds. The van der Waals surface area contributed by atoms with Crippen molar-refractivity contribution in [3.63, 3.8) is 0 Å². The predicted octanol–water partition coefficient (Wildman–Crippen LogP) is 6.06. The molecule has 0 N–H and O–H groups in total. The number of rotatable bonds is 3.